The van der Waals surface area contributed by atoms with Gasteiger partial charge in [0, 0.05) is 34.4 Å². The van der Waals surface area contributed by atoms with E-state index < -0.39 is 0 Å². The van der Waals surface area contributed by atoms with Gasteiger partial charge in [-0.25, -0.2) is 0 Å². The van der Waals surface area contributed by atoms with Crippen molar-refractivity contribution in [3.05, 3.63) is 56.2 Å². The molecule has 0 aliphatic heterocycles. The van der Waals surface area contributed by atoms with Gasteiger partial charge in [-0.1, -0.05) is 24.3 Å². The summed E-state index contributed by atoms with van der Waals surface area (Å²) in [5, 5.41) is 5.58. The summed E-state index contributed by atoms with van der Waals surface area (Å²) in [4.78, 5) is 1.41. The van der Waals surface area contributed by atoms with Crippen molar-refractivity contribution in [2.24, 2.45) is 5.73 Å². The zero-order valence-electron chi connectivity index (χ0n) is 10.2. The molecule has 0 aliphatic rings. The maximum absolute atomic E-state index is 5.57. The lowest BCUT2D eigenvalue weighted by atomic mass is 10.1. The molecule has 2 nitrogen and oxygen atoms in total. The van der Waals surface area contributed by atoms with E-state index in [4.69, 9.17) is 5.73 Å². The first kappa shape index (κ1) is 13.7. The third-order valence-electron chi connectivity index (χ3n) is 2.76. The lowest BCUT2D eigenvalue weighted by molar-refractivity contribution is 0.690. The summed E-state index contributed by atoms with van der Waals surface area (Å²) in [6, 6.07) is 10.6. The van der Waals surface area contributed by atoms with Crippen LogP contribution in [0.15, 0.2) is 40.2 Å². The molecule has 0 saturated carbocycles. The van der Waals surface area contributed by atoms with Crippen molar-refractivity contribution >= 4 is 27.3 Å². The third-order valence-corrected chi connectivity index (χ3v) is 4.52. The summed E-state index contributed by atoms with van der Waals surface area (Å²) in [5.41, 5.74) is 8.06. The molecule has 2 aromatic rings. The predicted octanol–water partition coefficient (Wildman–Crippen LogP) is 3.30. The second kappa shape index (κ2) is 7.04. The Morgan fingerprint density at radius 2 is 1.89 bits per heavy atom. The molecule has 0 saturated heterocycles. The van der Waals surface area contributed by atoms with Gasteiger partial charge in [0.1, 0.15) is 0 Å². The van der Waals surface area contributed by atoms with Crippen LogP contribution in [0.5, 0.6) is 0 Å². The fraction of sp³-hybridized carbons (Fsp3) is 0.286. The van der Waals surface area contributed by atoms with E-state index in [0.717, 1.165) is 19.5 Å². The minimum atomic E-state index is 0.612. The van der Waals surface area contributed by atoms with Crippen LogP contribution in [-0.4, -0.2) is 6.54 Å². The van der Waals surface area contributed by atoms with Crippen molar-refractivity contribution in [2.75, 3.05) is 6.54 Å². The Bertz CT molecular complexity index is 479. The molecule has 96 valence electrons. The summed E-state index contributed by atoms with van der Waals surface area (Å²) in [6.45, 7) is 2.53. The Kier molecular flexibility index (Phi) is 5.38. The molecule has 1 aromatic heterocycles. The summed E-state index contributed by atoms with van der Waals surface area (Å²) >= 11 is 5.27. The first-order chi connectivity index (χ1) is 8.78. The second-order valence-corrected chi connectivity index (χ2v) is 6.09. The molecule has 1 aromatic carbocycles. The summed E-state index contributed by atoms with van der Waals surface area (Å²) in [6.07, 6.45) is 1.08. The molecule has 0 radical (unpaired) electrons. The van der Waals surface area contributed by atoms with Crippen molar-refractivity contribution in [3.8, 4) is 0 Å². The molecule has 0 fully saturated rings. The Balaban J connectivity index is 1.71. The molecule has 18 heavy (non-hydrogen) atoms. The van der Waals surface area contributed by atoms with Crippen molar-refractivity contribution in [1.82, 2.24) is 5.32 Å². The molecule has 2 rings (SSSR count). The van der Waals surface area contributed by atoms with E-state index in [-0.39, 0.29) is 0 Å². The Morgan fingerprint density at radius 1 is 1.17 bits per heavy atom. The van der Waals surface area contributed by atoms with E-state index in [2.05, 4.69) is 57.0 Å². The minimum absolute atomic E-state index is 0.612. The molecular weight excluding hydrogens is 308 g/mol. The van der Waals surface area contributed by atoms with Crippen molar-refractivity contribution in [2.45, 2.75) is 19.5 Å². The van der Waals surface area contributed by atoms with E-state index in [0.29, 0.717) is 6.54 Å². The van der Waals surface area contributed by atoms with E-state index in [1.807, 2.05) is 0 Å². The lowest BCUT2D eigenvalue weighted by Crippen LogP contribution is -2.16. The zero-order valence-corrected chi connectivity index (χ0v) is 12.6. The number of hydrogen-bond donors (Lipinski definition) is 2. The van der Waals surface area contributed by atoms with Crippen molar-refractivity contribution in [1.29, 1.82) is 0 Å². The number of benzene rings is 1. The quantitative estimate of drug-likeness (QED) is 0.800. The fourth-order valence-corrected chi connectivity index (χ4v) is 3.18. The SMILES string of the molecule is NCc1ccc(CNCCc2cc(Br)cs2)cc1. The number of halogens is 1. The molecule has 4 heteroatoms. The predicted molar refractivity (Wildman–Crippen MR) is 81.8 cm³/mol. The molecular formula is C14H17BrN2S. The molecule has 0 amide bonds. The molecule has 0 aliphatic carbocycles. The smallest absolute Gasteiger partial charge is 0.0285 e. The van der Waals surface area contributed by atoms with Gasteiger partial charge < -0.3 is 11.1 Å². The topological polar surface area (TPSA) is 38.0 Å². The standard InChI is InChI=1S/C14H17BrN2S/c15-13-7-14(18-10-13)5-6-17-9-12-3-1-11(8-16)2-4-12/h1-4,7,10,17H,5-6,8-9,16H2. The van der Waals surface area contributed by atoms with Gasteiger partial charge in [-0.15, -0.1) is 11.3 Å². The molecule has 1 heterocycles. The average molecular weight is 325 g/mol. The Hall–Kier alpha value is -0.680. The van der Waals surface area contributed by atoms with Gasteiger partial charge >= 0.3 is 0 Å². The monoisotopic (exact) mass is 324 g/mol. The first-order valence-electron chi connectivity index (χ1n) is 5.99. The van der Waals surface area contributed by atoms with Gasteiger partial charge in [-0.05, 0) is 39.5 Å². The molecule has 3 N–H and O–H groups in total. The van der Waals surface area contributed by atoms with Crippen LogP contribution >= 0.6 is 27.3 Å². The van der Waals surface area contributed by atoms with Gasteiger partial charge in [-0.2, -0.15) is 0 Å². The number of rotatable bonds is 6. The third kappa shape index (κ3) is 4.21. The van der Waals surface area contributed by atoms with Crippen molar-refractivity contribution in [3.63, 3.8) is 0 Å². The summed E-state index contributed by atoms with van der Waals surface area (Å²) in [5.74, 6) is 0. The van der Waals surface area contributed by atoms with Crippen LogP contribution in [0.3, 0.4) is 0 Å². The van der Waals surface area contributed by atoms with Gasteiger partial charge in [0.2, 0.25) is 0 Å². The van der Waals surface area contributed by atoms with E-state index in [1.165, 1.54) is 20.5 Å². The normalized spacial score (nSPS) is 10.8. The van der Waals surface area contributed by atoms with Crippen molar-refractivity contribution < 1.29 is 0 Å². The van der Waals surface area contributed by atoms with Gasteiger partial charge in [0.25, 0.3) is 0 Å². The first-order valence-corrected chi connectivity index (χ1v) is 7.66. The van der Waals surface area contributed by atoms with Crippen LogP contribution in [0.25, 0.3) is 0 Å². The lowest BCUT2D eigenvalue weighted by Gasteiger charge is -2.05. The highest BCUT2D eigenvalue weighted by molar-refractivity contribution is 9.10. The van der Waals surface area contributed by atoms with Crippen LogP contribution in [0.4, 0.5) is 0 Å². The summed E-state index contributed by atoms with van der Waals surface area (Å²) < 4.78 is 1.18. The second-order valence-electron chi connectivity index (χ2n) is 4.18. The largest absolute Gasteiger partial charge is 0.326 e. The number of nitrogens with one attached hydrogen (secondary N) is 1. The Morgan fingerprint density at radius 3 is 2.50 bits per heavy atom. The van der Waals surface area contributed by atoms with Crippen LogP contribution in [0.1, 0.15) is 16.0 Å². The fourth-order valence-electron chi connectivity index (χ4n) is 1.72. The number of nitrogens with two attached hydrogens (primary N) is 1. The highest BCUT2D eigenvalue weighted by Crippen LogP contribution is 2.19. The van der Waals surface area contributed by atoms with Gasteiger partial charge in [0.15, 0.2) is 0 Å². The zero-order chi connectivity index (χ0) is 12.8. The Labute approximate surface area is 120 Å². The van der Waals surface area contributed by atoms with E-state index in [1.54, 1.807) is 11.3 Å². The van der Waals surface area contributed by atoms with Crippen LogP contribution < -0.4 is 11.1 Å². The number of thiophene rings is 1. The van der Waals surface area contributed by atoms with Crippen LogP contribution in [0, 0.1) is 0 Å². The van der Waals surface area contributed by atoms with Crippen LogP contribution in [-0.2, 0) is 19.5 Å². The van der Waals surface area contributed by atoms with Gasteiger partial charge in [-0.3, -0.25) is 0 Å². The average Bonchev–Trinajstić information content (AvgIpc) is 2.81. The number of hydrogen-bond acceptors (Lipinski definition) is 3. The summed E-state index contributed by atoms with van der Waals surface area (Å²) in [7, 11) is 0. The van der Waals surface area contributed by atoms with E-state index in [9.17, 15) is 0 Å². The molecule has 0 spiro atoms. The maximum Gasteiger partial charge on any atom is 0.0285 e. The highest BCUT2D eigenvalue weighted by atomic mass is 79.9. The molecule has 0 bridgehead atoms. The molecule has 0 atom stereocenters. The highest BCUT2D eigenvalue weighted by Gasteiger charge is 1.98. The molecule has 0 unspecified atom stereocenters. The minimum Gasteiger partial charge on any atom is -0.326 e. The van der Waals surface area contributed by atoms with Gasteiger partial charge in [0.05, 0.1) is 0 Å². The maximum atomic E-state index is 5.57. The van der Waals surface area contributed by atoms with Crippen LogP contribution in [0.2, 0.25) is 0 Å². The van der Waals surface area contributed by atoms with E-state index >= 15 is 0 Å².